The van der Waals surface area contributed by atoms with Gasteiger partial charge in [0.05, 0.1) is 11.2 Å². The number of hydrazine groups is 1. The molecule has 0 saturated heterocycles. The summed E-state index contributed by atoms with van der Waals surface area (Å²) in [7, 11) is 0. The van der Waals surface area contributed by atoms with Crippen molar-refractivity contribution >= 4 is 22.7 Å². The lowest BCUT2D eigenvalue weighted by atomic mass is 10.2. The van der Waals surface area contributed by atoms with Crippen LogP contribution in [0.15, 0.2) is 47.0 Å². The summed E-state index contributed by atoms with van der Waals surface area (Å²) in [5.74, 6) is -1.09. The van der Waals surface area contributed by atoms with E-state index in [4.69, 9.17) is 4.52 Å². The number of para-hydroxylation sites is 1. The Hall–Kier alpha value is -3.22. The molecule has 0 aliphatic carbocycles. The van der Waals surface area contributed by atoms with Crippen molar-refractivity contribution in [3.63, 3.8) is 0 Å². The molecule has 0 atom stereocenters. The number of aromatic nitrogens is 2. The van der Waals surface area contributed by atoms with E-state index in [-0.39, 0.29) is 11.5 Å². The molecular weight excluding hydrogens is 284 g/mol. The zero-order valence-corrected chi connectivity index (χ0v) is 11.7. The lowest BCUT2D eigenvalue weighted by Crippen LogP contribution is -2.41. The summed E-state index contributed by atoms with van der Waals surface area (Å²) in [5.41, 5.74) is 6.01. The Bertz CT molecular complexity index is 857. The Kier molecular flexibility index (Phi) is 3.53. The summed E-state index contributed by atoms with van der Waals surface area (Å²) in [6.45, 7) is 1.69. The average Bonchev–Trinajstić information content (AvgIpc) is 2.98. The first-order chi connectivity index (χ1) is 10.6. The number of nitrogens with zero attached hydrogens (tertiary/aromatic N) is 2. The number of aryl methyl sites for hydroxylation is 1. The zero-order chi connectivity index (χ0) is 15.5. The van der Waals surface area contributed by atoms with Gasteiger partial charge in [-0.25, -0.2) is 4.98 Å². The third-order valence-electron chi connectivity index (χ3n) is 2.97. The van der Waals surface area contributed by atoms with E-state index < -0.39 is 11.8 Å². The molecule has 110 valence electrons. The first-order valence-corrected chi connectivity index (χ1v) is 6.53. The molecule has 7 nitrogen and oxygen atoms in total. The van der Waals surface area contributed by atoms with E-state index in [1.165, 1.54) is 6.07 Å². The zero-order valence-electron chi connectivity index (χ0n) is 11.7. The van der Waals surface area contributed by atoms with Gasteiger partial charge in [-0.15, -0.1) is 0 Å². The van der Waals surface area contributed by atoms with Gasteiger partial charge in [-0.05, 0) is 19.1 Å². The maximum atomic E-state index is 12.0. The first kappa shape index (κ1) is 13.7. The fourth-order valence-electron chi connectivity index (χ4n) is 1.90. The van der Waals surface area contributed by atoms with Crippen LogP contribution in [0.2, 0.25) is 0 Å². The molecule has 0 unspecified atom stereocenters. The standard InChI is InChI=1S/C15H12N4O3/c1-9-8-13(22-19-9)15(21)18-17-14(20)12-7-6-10-4-2-3-5-11(10)16-12/h2-8H,1H3,(H,17,20)(H,18,21). The van der Waals surface area contributed by atoms with Crippen molar-refractivity contribution < 1.29 is 14.1 Å². The molecule has 7 heteroatoms. The number of carbonyl (C=O) groups is 2. The van der Waals surface area contributed by atoms with Gasteiger partial charge in [0.2, 0.25) is 5.76 Å². The molecule has 0 aliphatic rings. The summed E-state index contributed by atoms with van der Waals surface area (Å²) in [5, 5.41) is 4.53. The number of hydrogen-bond donors (Lipinski definition) is 2. The number of rotatable bonds is 2. The van der Waals surface area contributed by atoms with E-state index >= 15 is 0 Å². The van der Waals surface area contributed by atoms with Crippen LogP contribution >= 0.6 is 0 Å². The summed E-state index contributed by atoms with van der Waals surface area (Å²) < 4.78 is 4.79. The molecule has 0 aliphatic heterocycles. The third kappa shape index (κ3) is 2.78. The van der Waals surface area contributed by atoms with E-state index in [1.54, 1.807) is 19.1 Å². The topological polar surface area (TPSA) is 97.1 Å². The number of nitrogens with one attached hydrogen (secondary N) is 2. The summed E-state index contributed by atoms with van der Waals surface area (Å²) in [6, 6.07) is 12.3. The molecule has 1 aromatic carbocycles. The van der Waals surface area contributed by atoms with Crippen LogP contribution in [0.3, 0.4) is 0 Å². The first-order valence-electron chi connectivity index (χ1n) is 6.53. The normalized spacial score (nSPS) is 10.4. The van der Waals surface area contributed by atoms with Gasteiger partial charge in [0, 0.05) is 11.5 Å². The van der Waals surface area contributed by atoms with E-state index in [9.17, 15) is 9.59 Å². The van der Waals surface area contributed by atoms with Gasteiger partial charge < -0.3 is 4.52 Å². The molecule has 3 aromatic rings. The summed E-state index contributed by atoms with van der Waals surface area (Å²) in [4.78, 5) is 28.0. The Morgan fingerprint density at radius 3 is 2.59 bits per heavy atom. The monoisotopic (exact) mass is 296 g/mol. The number of hydrogen-bond acceptors (Lipinski definition) is 5. The van der Waals surface area contributed by atoms with Gasteiger partial charge in [0.25, 0.3) is 5.91 Å². The minimum absolute atomic E-state index is 0.0178. The number of amides is 2. The predicted molar refractivity (Wildman–Crippen MR) is 77.9 cm³/mol. The van der Waals surface area contributed by atoms with Crippen molar-refractivity contribution in [2.45, 2.75) is 6.92 Å². The van der Waals surface area contributed by atoms with E-state index in [2.05, 4.69) is 21.0 Å². The molecule has 0 fully saturated rings. The highest BCUT2D eigenvalue weighted by Gasteiger charge is 2.14. The Labute approximate surface area is 125 Å². The Balaban J connectivity index is 1.69. The van der Waals surface area contributed by atoms with Crippen molar-refractivity contribution in [3.05, 3.63) is 59.6 Å². The van der Waals surface area contributed by atoms with Gasteiger partial charge in [0.15, 0.2) is 0 Å². The molecule has 0 bridgehead atoms. The van der Waals surface area contributed by atoms with Gasteiger partial charge >= 0.3 is 5.91 Å². The molecule has 0 saturated carbocycles. The van der Waals surface area contributed by atoms with Crippen LogP contribution in [0.1, 0.15) is 26.7 Å². The maximum absolute atomic E-state index is 12.0. The number of benzene rings is 1. The summed E-state index contributed by atoms with van der Waals surface area (Å²) >= 11 is 0. The van der Waals surface area contributed by atoms with Crippen LogP contribution in [-0.2, 0) is 0 Å². The second-order valence-electron chi connectivity index (χ2n) is 4.63. The second-order valence-corrected chi connectivity index (χ2v) is 4.63. The van der Waals surface area contributed by atoms with Crippen LogP contribution in [0.4, 0.5) is 0 Å². The van der Waals surface area contributed by atoms with Crippen LogP contribution in [0, 0.1) is 6.92 Å². The fourth-order valence-corrected chi connectivity index (χ4v) is 1.90. The fraction of sp³-hybridized carbons (Fsp3) is 0.0667. The van der Waals surface area contributed by atoms with Crippen LogP contribution in [-0.4, -0.2) is 22.0 Å². The van der Waals surface area contributed by atoms with Crippen molar-refractivity contribution in [2.75, 3.05) is 0 Å². The second kappa shape index (κ2) is 5.65. The van der Waals surface area contributed by atoms with E-state index in [1.807, 2.05) is 24.3 Å². The Morgan fingerprint density at radius 1 is 1.05 bits per heavy atom. The highest BCUT2D eigenvalue weighted by molar-refractivity contribution is 5.98. The molecule has 3 rings (SSSR count). The predicted octanol–water partition coefficient (Wildman–Crippen LogP) is 1.61. The molecule has 2 heterocycles. The molecule has 22 heavy (non-hydrogen) atoms. The minimum Gasteiger partial charge on any atom is -0.351 e. The highest BCUT2D eigenvalue weighted by atomic mass is 16.5. The lowest BCUT2D eigenvalue weighted by Gasteiger charge is -2.05. The molecular formula is C15H12N4O3. The van der Waals surface area contributed by atoms with Gasteiger partial charge in [0.1, 0.15) is 5.69 Å². The van der Waals surface area contributed by atoms with Crippen molar-refractivity contribution in [1.29, 1.82) is 0 Å². The lowest BCUT2D eigenvalue weighted by molar-refractivity contribution is 0.0823. The van der Waals surface area contributed by atoms with Gasteiger partial charge in [-0.2, -0.15) is 0 Å². The van der Waals surface area contributed by atoms with Crippen LogP contribution < -0.4 is 10.9 Å². The molecule has 2 N–H and O–H groups in total. The third-order valence-corrected chi connectivity index (χ3v) is 2.97. The van der Waals surface area contributed by atoms with Crippen LogP contribution in [0.5, 0.6) is 0 Å². The van der Waals surface area contributed by atoms with Crippen LogP contribution in [0.25, 0.3) is 10.9 Å². The molecule has 0 radical (unpaired) electrons. The average molecular weight is 296 g/mol. The summed E-state index contributed by atoms with van der Waals surface area (Å²) in [6.07, 6.45) is 0. The number of fused-ring (bicyclic) bond motifs is 1. The number of carbonyl (C=O) groups excluding carboxylic acids is 2. The smallest absolute Gasteiger partial charge is 0.308 e. The van der Waals surface area contributed by atoms with Crippen molar-refractivity contribution in [2.24, 2.45) is 0 Å². The van der Waals surface area contributed by atoms with Crippen molar-refractivity contribution in [1.82, 2.24) is 21.0 Å². The number of pyridine rings is 1. The quantitative estimate of drug-likeness (QED) is 0.700. The largest absolute Gasteiger partial charge is 0.351 e. The van der Waals surface area contributed by atoms with Crippen molar-refractivity contribution in [3.8, 4) is 0 Å². The van der Waals surface area contributed by atoms with E-state index in [0.29, 0.717) is 11.2 Å². The van der Waals surface area contributed by atoms with Gasteiger partial charge in [-0.1, -0.05) is 29.4 Å². The molecule has 2 amide bonds. The molecule has 2 aromatic heterocycles. The Morgan fingerprint density at radius 2 is 1.82 bits per heavy atom. The van der Waals surface area contributed by atoms with E-state index in [0.717, 1.165) is 5.39 Å². The van der Waals surface area contributed by atoms with Gasteiger partial charge in [-0.3, -0.25) is 20.4 Å². The SMILES string of the molecule is Cc1cc(C(=O)NNC(=O)c2ccc3ccccc3n2)on1. The minimum atomic E-state index is -0.588. The highest BCUT2D eigenvalue weighted by Crippen LogP contribution is 2.11. The maximum Gasteiger partial charge on any atom is 0.308 e. The molecule has 0 spiro atoms.